The van der Waals surface area contributed by atoms with Gasteiger partial charge in [0.05, 0.1) is 12.2 Å². The van der Waals surface area contributed by atoms with Crippen molar-refractivity contribution in [2.75, 3.05) is 7.11 Å². The van der Waals surface area contributed by atoms with Crippen molar-refractivity contribution >= 4 is 0 Å². The predicted octanol–water partition coefficient (Wildman–Crippen LogP) is 3.31. The molecule has 0 fully saturated rings. The fraction of sp³-hybridized carbons (Fsp3) is 0.400. The van der Waals surface area contributed by atoms with Crippen LogP contribution in [0, 0.1) is 6.92 Å². The molecule has 0 radical (unpaired) electrons. The highest BCUT2D eigenvalue weighted by atomic mass is 16.5. The summed E-state index contributed by atoms with van der Waals surface area (Å²) in [4.78, 5) is 0. The second kappa shape index (κ2) is 7.71. The van der Waals surface area contributed by atoms with Crippen molar-refractivity contribution in [1.82, 2.24) is 5.16 Å². The molecule has 0 aliphatic heterocycles. The van der Waals surface area contributed by atoms with E-state index in [0.29, 0.717) is 23.6 Å². The molecule has 1 heterocycles. The number of nitrogens with zero attached hydrogens (tertiary/aromatic N) is 1. The van der Waals surface area contributed by atoms with Gasteiger partial charge in [0.1, 0.15) is 12.3 Å². The zero-order valence-electron chi connectivity index (χ0n) is 11.9. The highest BCUT2D eigenvalue weighted by Crippen LogP contribution is 2.26. The molecule has 0 saturated carbocycles. The molecular formula is C15H21NO3. The lowest BCUT2D eigenvalue weighted by atomic mass is 10.1. The van der Waals surface area contributed by atoms with Crippen molar-refractivity contribution in [3.63, 3.8) is 0 Å². The van der Waals surface area contributed by atoms with E-state index in [1.807, 2.05) is 45.0 Å². The van der Waals surface area contributed by atoms with Gasteiger partial charge in [0.2, 0.25) is 0 Å². The molecule has 0 bridgehead atoms. The van der Waals surface area contributed by atoms with Gasteiger partial charge in [-0.1, -0.05) is 48.8 Å². The van der Waals surface area contributed by atoms with Crippen LogP contribution in [0.1, 0.15) is 30.7 Å². The van der Waals surface area contributed by atoms with Crippen molar-refractivity contribution in [2.45, 2.75) is 34.0 Å². The molecule has 0 aliphatic rings. The summed E-state index contributed by atoms with van der Waals surface area (Å²) in [6.45, 7) is 6.23. The zero-order chi connectivity index (χ0) is 14.3. The third-order valence-electron chi connectivity index (χ3n) is 2.63. The molecule has 0 unspecified atom stereocenters. The van der Waals surface area contributed by atoms with Crippen LogP contribution in [0.15, 0.2) is 28.8 Å². The first-order valence-corrected chi connectivity index (χ1v) is 6.40. The van der Waals surface area contributed by atoms with E-state index in [1.165, 1.54) is 5.56 Å². The van der Waals surface area contributed by atoms with E-state index < -0.39 is 0 Å². The second-order valence-corrected chi connectivity index (χ2v) is 3.89. The Morgan fingerprint density at radius 1 is 1.21 bits per heavy atom. The highest BCUT2D eigenvalue weighted by molar-refractivity contribution is 5.63. The number of aryl methyl sites for hydroxylation is 1. The topological polar surface area (TPSA) is 55.5 Å². The highest BCUT2D eigenvalue weighted by Gasteiger charge is 2.16. The lowest BCUT2D eigenvalue weighted by molar-refractivity contribution is 0.152. The summed E-state index contributed by atoms with van der Waals surface area (Å²) in [5, 5.41) is 13.4. The van der Waals surface area contributed by atoms with Gasteiger partial charge >= 0.3 is 0 Å². The maximum Gasteiger partial charge on any atom is 0.168 e. The van der Waals surface area contributed by atoms with Crippen LogP contribution in [-0.2, 0) is 18.0 Å². The van der Waals surface area contributed by atoms with Gasteiger partial charge in [0.15, 0.2) is 5.76 Å². The summed E-state index contributed by atoms with van der Waals surface area (Å²) in [7, 11) is 1.58. The molecule has 0 amide bonds. The minimum absolute atomic E-state index is 0.106. The van der Waals surface area contributed by atoms with Gasteiger partial charge in [-0.3, -0.25) is 0 Å². The summed E-state index contributed by atoms with van der Waals surface area (Å²) >= 11 is 0. The van der Waals surface area contributed by atoms with Crippen molar-refractivity contribution in [2.24, 2.45) is 0 Å². The molecule has 1 N–H and O–H groups in total. The van der Waals surface area contributed by atoms with E-state index in [-0.39, 0.29) is 6.61 Å². The van der Waals surface area contributed by atoms with Crippen molar-refractivity contribution in [1.29, 1.82) is 0 Å². The molecule has 0 aliphatic carbocycles. The molecule has 0 atom stereocenters. The van der Waals surface area contributed by atoms with Gasteiger partial charge in [-0.25, -0.2) is 0 Å². The lowest BCUT2D eigenvalue weighted by Crippen LogP contribution is -1.93. The van der Waals surface area contributed by atoms with Gasteiger partial charge in [-0.15, -0.1) is 0 Å². The Balaban J connectivity index is 0.000000861. The van der Waals surface area contributed by atoms with Gasteiger partial charge in [0, 0.05) is 12.7 Å². The first kappa shape index (κ1) is 15.4. The molecule has 2 rings (SSSR count). The molecular weight excluding hydrogens is 242 g/mol. The van der Waals surface area contributed by atoms with Crippen LogP contribution < -0.4 is 0 Å². The second-order valence-electron chi connectivity index (χ2n) is 3.89. The molecule has 104 valence electrons. The Bertz CT molecular complexity index is 489. The first-order valence-electron chi connectivity index (χ1n) is 6.40. The fourth-order valence-electron chi connectivity index (χ4n) is 1.69. The van der Waals surface area contributed by atoms with Gasteiger partial charge < -0.3 is 14.4 Å². The smallest absolute Gasteiger partial charge is 0.168 e. The molecule has 0 saturated heterocycles. The quantitative estimate of drug-likeness (QED) is 0.919. The predicted molar refractivity (Wildman–Crippen MR) is 74.7 cm³/mol. The minimum Gasteiger partial charge on any atom is -0.391 e. The largest absolute Gasteiger partial charge is 0.391 e. The number of aromatic nitrogens is 1. The summed E-state index contributed by atoms with van der Waals surface area (Å²) in [5.74, 6) is 0.575. The number of aliphatic hydroxyl groups is 1. The Morgan fingerprint density at radius 2 is 1.84 bits per heavy atom. The third-order valence-corrected chi connectivity index (χ3v) is 2.63. The van der Waals surface area contributed by atoms with Gasteiger partial charge in [-0.05, 0) is 6.92 Å². The number of benzene rings is 1. The molecule has 4 heteroatoms. The SMILES string of the molecule is CC.COCc1onc(-c2ccc(C)cc2)c1CO. The summed E-state index contributed by atoms with van der Waals surface area (Å²) in [6.07, 6.45) is 0. The minimum atomic E-state index is -0.106. The number of aliphatic hydroxyl groups excluding tert-OH is 1. The molecule has 1 aromatic carbocycles. The monoisotopic (exact) mass is 263 g/mol. The summed E-state index contributed by atoms with van der Waals surface area (Å²) < 4.78 is 10.2. The molecule has 1 aromatic heterocycles. The maximum atomic E-state index is 9.38. The van der Waals surface area contributed by atoms with Crippen LogP contribution in [0.5, 0.6) is 0 Å². The average Bonchev–Trinajstić information content (AvgIpc) is 2.85. The number of hydrogen-bond acceptors (Lipinski definition) is 4. The number of rotatable bonds is 4. The maximum absolute atomic E-state index is 9.38. The number of hydrogen-bond donors (Lipinski definition) is 1. The normalized spacial score (nSPS) is 9.95. The Hall–Kier alpha value is -1.65. The molecule has 0 spiro atoms. The van der Waals surface area contributed by atoms with E-state index >= 15 is 0 Å². The molecule has 4 nitrogen and oxygen atoms in total. The zero-order valence-corrected chi connectivity index (χ0v) is 11.9. The Kier molecular flexibility index (Phi) is 6.25. The third kappa shape index (κ3) is 3.66. The van der Waals surface area contributed by atoms with E-state index in [9.17, 15) is 5.11 Å². The Labute approximate surface area is 114 Å². The Morgan fingerprint density at radius 3 is 2.37 bits per heavy atom. The average molecular weight is 263 g/mol. The van der Waals surface area contributed by atoms with Crippen molar-refractivity contribution in [3.8, 4) is 11.3 Å². The molecule has 2 aromatic rings. The van der Waals surface area contributed by atoms with Crippen molar-refractivity contribution < 1.29 is 14.4 Å². The van der Waals surface area contributed by atoms with Crippen LogP contribution in [0.25, 0.3) is 11.3 Å². The summed E-state index contributed by atoms with van der Waals surface area (Å²) in [5.41, 5.74) is 3.49. The van der Waals surface area contributed by atoms with E-state index in [0.717, 1.165) is 5.56 Å². The van der Waals surface area contributed by atoms with Gasteiger partial charge in [0.25, 0.3) is 0 Å². The first-order chi connectivity index (χ1) is 9.26. The van der Waals surface area contributed by atoms with E-state index in [2.05, 4.69) is 5.16 Å². The van der Waals surface area contributed by atoms with Crippen LogP contribution in [-0.4, -0.2) is 17.4 Å². The lowest BCUT2D eigenvalue weighted by Gasteiger charge is -2.01. The standard InChI is InChI=1S/C13H15NO3.C2H6/c1-9-3-5-10(6-4-9)13-11(7-15)12(8-16-2)17-14-13;1-2/h3-6,15H,7-8H2,1-2H3;1-2H3. The van der Waals surface area contributed by atoms with Crippen LogP contribution in [0.2, 0.25) is 0 Å². The van der Waals surface area contributed by atoms with Crippen LogP contribution in [0.3, 0.4) is 0 Å². The summed E-state index contributed by atoms with van der Waals surface area (Å²) in [6, 6.07) is 7.92. The fourth-order valence-corrected chi connectivity index (χ4v) is 1.69. The number of methoxy groups -OCH3 is 1. The van der Waals surface area contributed by atoms with Crippen LogP contribution in [0.4, 0.5) is 0 Å². The molecule has 19 heavy (non-hydrogen) atoms. The number of ether oxygens (including phenoxy) is 1. The van der Waals surface area contributed by atoms with Crippen LogP contribution >= 0.6 is 0 Å². The van der Waals surface area contributed by atoms with E-state index in [4.69, 9.17) is 9.26 Å². The van der Waals surface area contributed by atoms with Gasteiger partial charge in [-0.2, -0.15) is 0 Å². The van der Waals surface area contributed by atoms with Crippen molar-refractivity contribution in [3.05, 3.63) is 41.2 Å². The van der Waals surface area contributed by atoms with E-state index in [1.54, 1.807) is 7.11 Å².